The fourth-order valence-electron chi connectivity index (χ4n) is 2.96. The van der Waals surface area contributed by atoms with E-state index in [1.165, 1.54) is 13.1 Å². The molecular weight excluding hydrogens is 342 g/mol. The summed E-state index contributed by atoms with van der Waals surface area (Å²) >= 11 is 0. The number of nitrogens with zero attached hydrogens (tertiary/aromatic N) is 2. The minimum atomic E-state index is -1.02. The molecule has 1 aliphatic rings. The highest BCUT2D eigenvalue weighted by atomic mass is 16.5. The number of hydrogen-bond donors (Lipinski definition) is 2. The van der Waals surface area contributed by atoms with Crippen LogP contribution in [0, 0.1) is 11.3 Å². The Labute approximate surface area is 158 Å². The van der Waals surface area contributed by atoms with E-state index < -0.39 is 5.97 Å². The molecule has 2 heterocycles. The summed E-state index contributed by atoms with van der Waals surface area (Å²) in [5, 5.41) is 21.6. The summed E-state index contributed by atoms with van der Waals surface area (Å²) in [7, 11) is 0. The van der Waals surface area contributed by atoms with Crippen LogP contribution in [0.5, 0.6) is 5.75 Å². The smallest absolute Gasteiger partial charge is 0.332 e. The van der Waals surface area contributed by atoms with Gasteiger partial charge >= 0.3 is 5.97 Å². The molecule has 0 unspecified atom stereocenters. The zero-order chi connectivity index (χ0) is 19.6. The number of pyridine rings is 1. The molecule has 0 atom stereocenters. The number of carboxylic acids is 1. The molecule has 3 rings (SSSR count). The van der Waals surface area contributed by atoms with E-state index in [4.69, 9.17) is 9.84 Å². The van der Waals surface area contributed by atoms with Crippen molar-refractivity contribution in [3.63, 3.8) is 0 Å². The van der Waals surface area contributed by atoms with E-state index in [9.17, 15) is 10.1 Å². The molecule has 2 aromatic rings. The Bertz CT molecular complexity index is 954. The van der Waals surface area contributed by atoms with Crippen molar-refractivity contribution in [2.45, 2.75) is 33.1 Å². The number of hydrogen-bond acceptors (Lipinski definition) is 5. The first-order valence-electron chi connectivity index (χ1n) is 8.78. The van der Waals surface area contributed by atoms with Crippen LogP contribution in [0.15, 0.2) is 36.2 Å². The first-order chi connectivity index (χ1) is 12.9. The molecule has 0 saturated carbocycles. The Morgan fingerprint density at radius 2 is 2.22 bits per heavy atom. The molecule has 0 aliphatic carbocycles. The van der Waals surface area contributed by atoms with Crippen molar-refractivity contribution in [1.29, 1.82) is 5.26 Å². The quantitative estimate of drug-likeness (QED) is 0.777. The molecule has 1 aromatic carbocycles. The highest BCUT2D eigenvalue weighted by Crippen LogP contribution is 2.41. The molecule has 138 valence electrons. The van der Waals surface area contributed by atoms with Gasteiger partial charge in [-0.2, -0.15) is 5.26 Å². The summed E-state index contributed by atoms with van der Waals surface area (Å²) in [6.07, 6.45) is 3.87. The Balaban J connectivity index is 2.10. The third-order valence-corrected chi connectivity index (χ3v) is 4.60. The number of carbonyl (C=O) groups is 1. The molecule has 6 heteroatoms. The summed E-state index contributed by atoms with van der Waals surface area (Å²) in [6, 6.07) is 7.99. The van der Waals surface area contributed by atoms with E-state index in [0.717, 1.165) is 22.4 Å². The van der Waals surface area contributed by atoms with Crippen molar-refractivity contribution in [3.05, 3.63) is 52.9 Å². The van der Waals surface area contributed by atoms with E-state index in [-0.39, 0.29) is 5.57 Å². The Morgan fingerprint density at radius 3 is 2.81 bits per heavy atom. The number of nitrogens with one attached hydrogen (secondary N) is 1. The number of ether oxygens (including phenoxy) is 1. The monoisotopic (exact) mass is 363 g/mol. The van der Waals surface area contributed by atoms with E-state index in [1.54, 1.807) is 6.07 Å². The predicted molar refractivity (Wildman–Crippen MR) is 103 cm³/mol. The topological polar surface area (TPSA) is 95.2 Å². The van der Waals surface area contributed by atoms with Gasteiger partial charge in [0.15, 0.2) is 0 Å². The van der Waals surface area contributed by atoms with E-state index >= 15 is 0 Å². The molecule has 2 N–H and O–H groups in total. The van der Waals surface area contributed by atoms with Crippen LogP contribution in [-0.2, 0) is 11.2 Å². The average Bonchev–Trinajstić information content (AvgIpc) is 3.14. The van der Waals surface area contributed by atoms with Crippen LogP contribution in [0.3, 0.4) is 0 Å². The second kappa shape index (κ2) is 7.50. The second-order valence-electron chi connectivity index (χ2n) is 6.77. The number of anilines is 1. The number of fused-ring (bicyclic) bond motifs is 1. The SMILES string of the molecule is CC(=CNc1cc(-c2ccc(C(C)C)cn2)c2c(c1C#N)CCO2)C(=O)O. The first kappa shape index (κ1) is 18.5. The molecule has 0 bridgehead atoms. The summed E-state index contributed by atoms with van der Waals surface area (Å²) in [6.45, 7) is 6.22. The van der Waals surface area contributed by atoms with Gasteiger partial charge < -0.3 is 15.2 Å². The number of benzene rings is 1. The van der Waals surface area contributed by atoms with E-state index in [0.29, 0.717) is 35.9 Å². The third kappa shape index (κ3) is 3.63. The summed E-state index contributed by atoms with van der Waals surface area (Å²) in [5.74, 6) is 0.0494. The van der Waals surface area contributed by atoms with Gasteiger partial charge in [0.1, 0.15) is 11.8 Å². The zero-order valence-electron chi connectivity index (χ0n) is 15.5. The zero-order valence-corrected chi connectivity index (χ0v) is 15.5. The van der Waals surface area contributed by atoms with Crippen molar-refractivity contribution in [2.75, 3.05) is 11.9 Å². The molecular formula is C21H21N3O3. The van der Waals surface area contributed by atoms with Crippen molar-refractivity contribution in [2.24, 2.45) is 0 Å². The fraction of sp³-hybridized carbons (Fsp3) is 0.286. The summed E-state index contributed by atoms with van der Waals surface area (Å²) in [5.41, 5.74) is 4.69. The fourth-order valence-corrected chi connectivity index (χ4v) is 2.96. The molecule has 0 radical (unpaired) electrons. The first-order valence-corrected chi connectivity index (χ1v) is 8.78. The van der Waals surface area contributed by atoms with Crippen LogP contribution in [0.2, 0.25) is 0 Å². The Morgan fingerprint density at radius 1 is 1.44 bits per heavy atom. The number of nitriles is 1. The van der Waals surface area contributed by atoms with Gasteiger partial charge in [-0.25, -0.2) is 4.79 Å². The summed E-state index contributed by atoms with van der Waals surface area (Å²) < 4.78 is 5.79. The molecule has 0 saturated heterocycles. The lowest BCUT2D eigenvalue weighted by Crippen LogP contribution is -2.02. The normalized spacial score (nSPS) is 13.1. The predicted octanol–water partition coefficient (Wildman–Crippen LogP) is 4.08. The molecule has 0 fully saturated rings. The highest BCUT2D eigenvalue weighted by molar-refractivity contribution is 5.87. The van der Waals surface area contributed by atoms with Crippen LogP contribution < -0.4 is 10.1 Å². The van der Waals surface area contributed by atoms with Gasteiger partial charge in [-0.1, -0.05) is 19.9 Å². The molecule has 1 aliphatic heterocycles. The number of rotatable bonds is 5. The summed E-state index contributed by atoms with van der Waals surface area (Å²) in [4.78, 5) is 15.6. The van der Waals surface area contributed by atoms with Gasteiger partial charge in [0.05, 0.1) is 23.6 Å². The van der Waals surface area contributed by atoms with E-state index in [2.05, 4.69) is 30.2 Å². The van der Waals surface area contributed by atoms with Crippen molar-refractivity contribution in [3.8, 4) is 23.1 Å². The van der Waals surface area contributed by atoms with Crippen molar-refractivity contribution < 1.29 is 14.6 Å². The third-order valence-electron chi connectivity index (χ3n) is 4.60. The minimum Gasteiger partial charge on any atom is -0.492 e. The highest BCUT2D eigenvalue weighted by Gasteiger charge is 2.25. The molecule has 27 heavy (non-hydrogen) atoms. The maximum Gasteiger partial charge on any atom is 0.332 e. The lowest BCUT2D eigenvalue weighted by Gasteiger charge is -2.14. The second-order valence-corrected chi connectivity index (χ2v) is 6.77. The molecule has 0 spiro atoms. The van der Waals surface area contributed by atoms with Gasteiger partial charge in [0.2, 0.25) is 0 Å². The molecule has 6 nitrogen and oxygen atoms in total. The van der Waals surface area contributed by atoms with Crippen LogP contribution in [-0.4, -0.2) is 22.7 Å². The van der Waals surface area contributed by atoms with Crippen LogP contribution >= 0.6 is 0 Å². The number of aromatic nitrogens is 1. The molecule has 1 aromatic heterocycles. The van der Waals surface area contributed by atoms with Gasteiger partial charge in [0.25, 0.3) is 0 Å². The maximum atomic E-state index is 11.0. The van der Waals surface area contributed by atoms with Crippen LogP contribution in [0.1, 0.15) is 43.4 Å². The maximum absolute atomic E-state index is 11.0. The minimum absolute atomic E-state index is 0.150. The number of aliphatic carboxylic acids is 1. The van der Waals surface area contributed by atoms with Crippen LogP contribution in [0.25, 0.3) is 11.3 Å². The largest absolute Gasteiger partial charge is 0.492 e. The Kier molecular flexibility index (Phi) is 5.13. The van der Waals surface area contributed by atoms with Crippen molar-refractivity contribution >= 4 is 11.7 Å². The van der Waals surface area contributed by atoms with Gasteiger partial charge in [-0.05, 0) is 30.5 Å². The molecule has 0 amide bonds. The van der Waals surface area contributed by atoms with Gasteiger partial charge in [-0.15, -0.1) is 0 Å². The Hall–Kier alpha value is -3.33. The van der Waals surface area contributed by atoms with Gasteiger partial charge in [0, 0.05) is 35.5 Å². The van der Waals surface area contributed by atoms with Crippen LogP contribution in [0.4, 0.5) is 5.69 Å². The lowest BCUT2D eigenvalue weighted by molar-refractivity contribution is -0.132. The standard InChI is InChI=1S/C21H21N3O3/c1-12(2)14-4-5-18(24-11-14)16-8-19(23-10-13(3)21(25)26)17(9-22)15-6-7-27-20(15)16/h4-5,8,10-12,23H,6-7H2,1-3H3,(H,25,26). The van der Waals surface area contributed by atoms with Gasteiger partial charge in [-0.3, -0.25) is 4.98 Å². The lowest BCUT2D eigenvalue weighted by atomic mass is 9.97. The van der Waals surface area contributed by atoms with E-state index in [1.807, 2.05) is 18.3 Å². The average molecular weight is 363 g/mol. The van der Waals surface area contributed by atoms with Crippen molar-refractivity contribution in [1.82, 2.24) is 4.98 Å². The number of carboxylic acid groups (broad SMARTS) is 1.